The molecule has 1 aliphatic carbocycles. The van der Waals surface area contributed by atoms with Gasteiger partial charge in [-0.3, -0.25) is 4.99 Å². The van der Waals surface area contributed by atoms with E-state index < -0.39 is 5.60 Å². The van der Waals surface area contributed by atoms with Crippen LogP contribution < -0.4 is 16.0 Å². The summed E-state index contributed by atoms with van der Waals surface area (Å²) in [5.41, 5.74) is 0.674. The Kier molecular flexibility index (Phi) is 7.16. The highest BCUT2D eigenvalue weighted by molar-refractivity contribution is 5.80. The summed E-state index contributed by atoms with van der Waals surface area (Å²) in [7, 11) is 1.78. The number of carbonyl (C=O) groups excluding carboxylic acids is 1. The fourth-order valence-corrected chi connectivity index (χ4v) is 3.28. The zero-order chi connectivity index (χ0) is 20.0. The SMILES string of the molecule is CN=C(NCc1cc(C)oc1C)NC1CCC(NC(=O)OC(C)(C)C)CC1. The summed E-state index contributed by atoms with van der Waals surface area (Å²) in [4.78, 5) is 16.2. The summed E-state index contributed by atoms with van der Waals surface area (Å²) >= 11 is 0. The molecule has 7 heteroatoms. The van der Waals surface area contributed by atoms with Gasteiger partial charge in [-0.2, -0.15) is 0 Å². The molecule has 2 rings (SSSR count). The van der Waals surface area contributed by atoms with Crippen LogP contribution in [0.3, 0.4) is 0 Å². The fraction of sp³-hybridized carbons (Fsp3) is 0.700. The van der Waals surface area contributed by atoms with Gasteiger partial charge in [-0.25, -0.2) is 4.79 Å². The zero-order valence-electron chi connectivity index (χ0n) is 17.4. The van der Waals surface area contributed by atoms with E-state index >= 15 is 0 Å². The molecule has 0 aromatic carbocycles. The zero-order valence-corrected chi connectivity index (χ0v) is 17.4. The average molecular weight is 379 g/mol. The summed E-state index contributed by atoms with van der Waals surface area (Å²) < 4.78 is 10.9. The first-order valence-corrected chi connectivity index (χ1v) is 9.69. The van der Waals surface area contributed by atoms with Crippen LogP contribution in [0.25, 0.3) is 0 Å². The third-order valence-corrected chi connectivity index (χ3v) is 4.60. The Hall–Kier alpha value is -2.18. The molecule has 0 bridgehead atoms. The van der Waals surface area contributed by atoms with Crippen molar-refractivity contribution in [3.63, 3.8) is 0 Å². The second kappa shape index (κ2) is 9.15. The number of amides is 1. The van der Waals surface area contributed by atoms with Crippen LogP contribution in [0.2, 0.25) is 0 Å². The van der Waals surface area contributed by atoms with Crippen molar-refractivity contribution in [2.75, 3.05) is 7.05 Å². The topological polar surface area (TPSA) is 87.9 Å². The molecule has 0 atom stereocenters. The van der Waals surface area contributed by atoms with Crippen molar-refractivity contribution in [2.24, 2.45) is 4.99 Å². The first-order valence-electron chi connectivity index (χ1n) is 9.69. The number of ether oxygens (including phenoxy) is 1. The van der Waals surface area contributed by atoms with Crippen molar-refractivity contribution in [3.05, 3.63) is 23.2 Å². The third-order valence-electron chi connectivity index (χ3n) is 4.60. The van der Waals surface area contributed by atoms with Gasteiger partial charge in [0.2, 0.25) is 0 Å². The summed E-state index contributed by atoms with van der Waals surface area (Å²) in [6, 6.07) is 2.56. The summed E-state index contributed by atoms with van der Waals surface area (Å²) in [6.07, 6.45) is 3.47. The number of furan rings is 1. The number of rotatable bonds is 4. The van der Waals surface area contributed by atoms with Crippen LogP contribution in [0.4, 0.5) is 4.79 Å². The normalized spacial score (nSPS) is 20.9. The largest absolute Gasteiger partial charge is 0.466 e. The molecule has 1 fully saturated rings. The Labute approximate surface area is 162 Å². The van der Waals surface area contributed by atoms with Gasteiger partial charge in [-0.1, -0.05) is 0 Å². The highest BCUT2D eigenvalue weighted by Crippen LogP contribution is 2.19. The van der Waals surface area contributed by atoms with E-state index in [-0.39, 0.29) is 12.1 Å². The smallest absolute Gasteiger partial charge is 0.407 e. The van der Waals surface area contributed by atoms with Gasteiger partial charge in [0.25, 0.3) is 0 Å². The van der Waals surface area contributed by atoms with Gasteiger partial charge in [0, 0.05) is 31.2 Å². The first kappa shape index (κ1) is 21.1. The van der Waals surface area contributed by atoms with Crippen LogP contribution in [0.1, 0.15) is 63.5 Å². The molecule has 1 aromatic rings. The van der Waals surface area contributed by atoms with Crippen LogP contribution in [0, 0.1) is 13.8 Å². The van der Waals surface area contributed by atoms with Gasteiger partial charge in [0.15, 0.2) is 5.96 Å². The predicted octanol–water partition coefficient (Wildman–Crippen LogP) is 3.40. The summed E-state index contributed by atoms with van der Waals surface area (Å²) in [6.45, 7) is 10.2. The van der Waals surface area contributed by atoms with Gasteiger partial charge in [0.05, 0.1) is 0 Å². The molecule has 0 unspecified atom stereocenters. The van der Waals surface area contributed by atoms with E-state index in [4.69, 9.17) is 9.15 Å². The molecule has 1 aromatic heterocycles. The fourth-order valence-electron chi connectivity index (χ4n) is 3.28. The molecule has 1 heterocycles. The second-order valence-corrected chi connectivity index (χ2v) is 8.20. The molecule has 1 amide bonds. The minimum atomic E-state index is -0.465. The van der Waals surface area contributed by atoms with Crippen molar-refractivity contribution >= 4 is 12.1 Å². The van der Waals surface area contributed by atoms with Gasteiger partial charge in [0.1, 0.15) is 17.1 Å². The minimum absolute atomic E-state index is 0.171. The number of nitrogens with zero attached hydrogens (tertiary/aromatic N) is 1. The molecule has 7 nitrogen and oxygen atoms in total. The molecule has 0 aliphatic heterocycles. The predicted molar refractivity (Wildman–Crippen MR) is 107 cm³/mol. The molecule has 1 saturated carbocycles. The van der Waals surface area contributed by atoms with Crippen molar-refractivity contribution in [1.29, 1.82) is 0 Å². The van der Waals surface area contributed by atoms with E-state index in [0.717, 1.165) is 48.7 Å². The summed E-state index contributed by atoms with van der Waals surface area (Å²) in [5.74, 6) is 2.64. The standard InChI is InChI=1S/C20H34N4O3/c1-13-11-15(14(2)26-13)12-22-18(21-6)23-16-7-9-17(10-8-16)24-19(25)27-20(3,4)5/h11,16-17H,7-10,12H2,1-6H3,(H,24,25)(H2,21,22,23). The number of nitrogens with one attached hydrogen (secondary N) is 3. The lowest BCUT2D eigenvalue weighted by molar-refractivity contribution is 0.0490. The number of aliphatic imine (C=N–C) groups is 1. The van der Waals surface area contributed by atoms with E-state index in [1.165, 1.54) is 0 Å². The van der Waals surface area contributed by atoms with Crippen molar-refractivity contribution in [2.45, 2.75) is 84.5 Å². The monoisotopic (exact) mass is 378 g/mol. The molecule has 0 radical (unpaired) electrons. The number of alkyl carbamates (subject to hydrolysis) is 1. The molecule has 0 spiro atoms. The maximum atomic E-state index is 11.9. The minimum Gasteiger partial charge on any atom is -0.466 e. The maximum absolute atomic E-state index is 11.9. The average Bonchev–Trinajstić information content (AvgIpc) is 2.88. The molecule has 152 valence electrons. The van der Waals surface area contributed by atoms with E-state index in [9.17, 15) is 4.79 Å². The van der Waals surface area contributed by atoms with Crippen molar-refractivity contribution < 1.29 is 13.9 Å². The van der Waals surface area contributed by atoms with Crippen LogP contribution >= 0.6 is 0 Å². The van der Waals surface area contributed by atoms with Crippen LogP contribution in [-0.4, -0.2) is 36.8 Å². The highest BCUT2D eigenvalue weighted by Gasteiger charge is 2.25. The quantitative estimate of drug-likeness (QED) is 0.552. The number of guanidine groups is 1. The number of aryl methyl sites for hydroxylation is 2. The van der Waals surface area contributed by atoms with Gasteiger partial charge < -0.3 is 25.1 Å². The van der Waals surface area contributed by atoms with Crippen molar-refractivity contribution in [3.8, 4) is 0 Å². The van der Waals surface area contributed by atoms with E-state index in [1.54, 1.807) is 7.05 Å². The number of carbonyl (C=O) groups is 1. The van der Waals surface area contributed by atoms with E-state index in [2.05, 4.69) is 20.9 Å². The van der Waals surface area contributed by atoms with Crippen molar-refractivity contribution in [1.82, 2.24) is 16.0 Å². The number of hydrogen-bond donors (Lipinski definition) is 3. The van der Waals surface area contributed by atoms with Gasteiger partial charge in [-0.15, -0.1) is 0 Å². The first-order chi connectivity index (χ1) is 12.7. The maximum Gasteiger partial charge on any atom is 0.407 e. The van der Waals surface area contributed by atoms with Crippen LogP contribution in [0.5, 0.6) is 0 Å². The lowest BCUT2D eigenvalue weighted by Crippen LogP contribution is -2.47. The molecule has 1 aliphatic rings. The Morgan fingerprint density at radius 3 is 2.26 bits per heavy atom. The molecule has 27 heavy (non-hydrogen) atoms. The summed E-state index contributed by atoms with van der Waals surface area (Å²) in [5, 5.41) is 9.80. The van der Waals surface area contributed by atoms with Crippen LogP contribution in [-0.2, 0) is 11.3 Å². The van der Waals surface area contributed by atoms with Gasteiger partial charge in [-0.05, 0) is 66.4 Å². The Balaban J connectivity index is 1.73. The second-order valence-electron chi connectivity index (χ2n) is 8.20. The number of hydrogen-bond acceptors (Lipinski definition) is 4. The Morgan fingerprint density at radius 1 is 1.19 bits per heavy atom. The molecule has 0 saturated heterocycles. The lowest BCUT2D eigenvalue weighted by Gasteiger charge is -2.31. The Bertz CT molecular complexity index is 653. The van der Waals surface area contributed by atoms with E-state index in [1.807, 2.05) is 40.7 Å². The molecule has 3 N–H and O–H groups in total. The lowest BCUT2D eigenvalue weighted by atomic mass is 9.91. The van der Waals surface area contributed by atoms with Crippen LogP contribution in [0.15, 0.2) is 15.5 Å². The van der Waals surface area contributed by atoms with Gasteiger partial charge >= 0.3 is 6.09 Å². The molecular formula is C20H34N4O3. The molecular weight excluding hydrogens is 344 g/mol. The Morgan fingerprint density at radius 2 is 1.78 bits per heavy atom. The third kappa shape index (κ3) is 7.15. The highest BCUT2D eigenvalue weighted by atomic mass is 16.6. The van der Waals surface area contributed by atoms with E-state index in [0.29, 0.717) is 12.6 Å².